The van der Waals surface area contributed by atoms with Crippen LogP contribution in [0, 0.1) is 6.92 Å². The van der Waals surface area contributed by atoms with E-state index in [1.165, 1.54) is 0 Å². The predicted octanol–water partition coefficient (Wildman–Crippen LogP) is 2.64. The number of H-pyrrole nitrogens is 1. The van der Waals surface area contributed by atoms with E-state index in [-0.39, 0.29) is 0 Å². The Balaban J connectivity index is 1.49. The van der Waals surface area contributed by atoms with E-state index in [4.69, 9.17) is 4.52 Å². The highest BCUT2D eigenvalue weighted by Gasteiger charge is 2.25. The first-order chi connectivity index (χ1) is 10.3. The fourth-order valence-electron chi connectivity index (χ4n) is 2.92. The van der Waals surface area contributed by atoms with Crippen LogP contribution in [0.4, 0.5) is 5.95 Å². The normalized spacial score (nSPS) is 16.7. The molecule has 1 fully saturated rings. The van der Waals surface area contributed by atoms with E-state index in [0.29, 0.717) is 11.8 Å². The van der Waals surface area contributed by atoms with Gasteiger partial charge in [0.15, 0.2) is 5.82 Å². The monoisotopic (exact) mass is 283 g/mol. The maximum Gasteiger partial charge on any atom is 0.223 e. The van der Waals surface area contributed by atoms with Crippen LogP contribution in [-0.2, 0) is 0 Å². The number of fused-ring (bicyclic) bond motifs is 1. The maximum atomic E-state index is 5.08. The summed E-state index contributed by atoms with van der Waals surface area (Å²) in [6.07, 6.45) is 2.05. The van der Waals surface area contributed by atoms with Gasteiger partial charge in [-0.3, -0.25) is 0 Å². The number of imidazole rings is 1. The summed E-state index contributed by atoms with van der Waals surface area (Å²) in [6.45, 7) is 3.75. The quantitative estimate of drug-likeness (QED) is 0.783. The Bertz CT molecular complexity index is 721. The fourth-order valence-corrected chi connectivity index (χ4v) is 2.92. The molecule has 1 aromatic carbocycles. The van der Waals surface area contributed by atoms with Crippen LogP contribution in [-0.4, -0.2) is 33.2 Å². The molecule has 3 aromatic rings. The fraction of sp³-hybridized carbons (Fsp3) is 0.400. The molecule has 6 nitrogen and oxygen atoms in total. The van der Waals surface area contributed by atoms with Crippen LogP contribution in [0.1, 0.15) is 30.5 Å². The highest BCUT2D eigenvalue weighted by atomic mass is 16.5. The van der Waals surface area contributed by atoms with Crippen molar-refractivity contribution in [3.63, 3.8) is 0 Å². The van der Waals surface area contributed by atoms with Gasteiger partial charge in [0.1, 0.15) is 0 Å². The van der Waals surface area contributed by atoms with E-state index in [2.05, 4.69) is 31.1 Å². The minimum absolute atomic E-state index is 0.392. The Morgan fingerprint density at radius 3 is 2.71 bits per heavy atom. The average molecular weight is 283 g/mol. The van der Waals surface area contributed by atoms with Crippen LogP contribution in [0.5, 0.6) is 0 Å². The van der Waals surface area contributed by atoms with Gasteiger partial charge in [-0.25, -0.2) is 4.98 Å². The standard InChI is InChI=1S/C15H17N5O/c1-10-16-14(19-21-10)11-6-8-20(9-7-11)15-17-12-4-2-3-5-13(12)18-15/h2-5,11H,6-9H2,1H3,(H,17,18). The molecule has 6 heteroatoms. The molecule has 108 valence electrons. The Morgan fingerprint density at radius 2 is 2.00 bits per heavy atom. The number of aromatic nitrogens is 4. The van der Waals surface area contributed by atoms with Crippen LogP contribution in [0.3, 0.4) is 0 Å². The number of aryl methyl sites for hydroxylation is 1. The Hall–Kier alpha value is -2.37. The van der Waals surface area contributed by atoms with Crippen molar-refractivity contribution < 1.29 is 4.52 Å². The summed E-state index contributed by atoms with van der Waals surface area (Å²) in [5.41, 5.74) is 2.10. The first-order valence-corrected chi connectivity index (χ1v) is 7.29. The number of piperidine rings is 1. The van der Waals surface area contributed by atoms with E-state index < -0.39 is 0 Å². The number of hydrogen-bond acceptors (Lipinski definition) is 5. The van der Waals surface area contributed by atoms with E-state index in [1.807, 2.05) is 25.1 Å². The molecule has 1 N–H and O–H groups in total. The first-order valence-electron chi connectivity index (χ1n) is 7.29. The van der Waals surface area contributed by atoms with E-state index in [1.54, 1.807) is 0 Å². The Kier molecular flexibility index (Phi) is 2.87. The van der Waals surface area contributed by atoms with Crippen molar-refractivity contribution in [2.75, 3.05) is 18.0 Å². The summed E-state index contributed by atoms with van der Waals surface area (Å²) < 4.78 is 5.08. The molecule has 1 aliphatic heterocycles. The molecule has 3 heterocycles. The molecule has 0 unspecified atom stereocenters. The molecule has 0 saturated carbocycles. The SMILES string of the molecule is Cc1nc(C2CCN(c3nc4ccccc4[nH]3)CC2)no1. The molecular formula is C15H17N5O. The predicted molar refractivity (Wildman–Crippen MR) is 79.3 cm³/mol. The van der Waals surface area contributed by atoms with Gasteiger partial charge in [-0.15, -0.1) is 0 Å². The van der Waals surface area contributed by atoms with Crippen molar-refractivity contribution in [3.05, 3.63) is 36.0 Å². The average Bonchev–Trinajstić information content (AvgIpc) is 3.13. The molecule has 1 saturated heterocycles. The van der Waals surface area contributed by atoms with Gasteiger partial charge in [-0.1, -0.05) is 17.3 Å². The van der Waals surface area contributed by atoms with Crippen LogP contribution in [0.2, 0.25) is 0 Å². The molecule has 1 aliphatic rings. The lowest BCUT2D eigenvalue weighted by Gasteiger charge is -2.30. The molecule has 0 amide bonds. The second kappa shape index (κ2) is 4.87. The zero-order chi connectivity index (χ0) is 14.2. The Morgan fingerprint density at radius 1 is 1.19 bits per heavy atom. The molecular weight excluding hydrogens is 266 g/mol. The number of benzene rings is 1. The lowest BCUT2D eigenvalue weighted by atomic mass is 9.96. The van der Waals surface area contributed by atoms with Crippen LogP contribution < -0.4 is 4.90 Å². The summed E-state index contributed by atoms with van der Waals surface area (Å²) in [4.78, 5) is 14.7. The smallest absolute Gasteiger partial charge is 0.223 e. The van der Waals surface area contributed by atoms with Gasteiger partial charge in [-0.05, 0) is 25.0 Å². The molecule has 0 aliphatic carbocycles. The molecule has 0 atom stereocenters. The van der Waals surface area contributed by atoms with Gasteiger partial charge < -0.3 is 14.4 Å². The molecule has 2 aromatic heterocycles. The number of hydrogen-bond donors (Lipinski definition) is 1. The minimum atomic E-state index is 0.392. The van der Waals surface area contributed by atoms with Gasteiger partial charge >= 0.3 is 0 Å². The number of para-hydroxylation sites is 2. The number of aromatic amines is 1. The zero-order valence-electron chi connectivity index (χ0n) is 11.9. The van der Waals surface area contributed by atoms with Crippen molar-refractivity contribution >= 4 is 17.0 Å². The van der Waals surface area contributed by atoms with E-state index >= 15 is 0 Å². The summed E-state index contributed by atoms with van der Waals surface area (Å²) in [5, 5.41) is 4.04. The zero-order valence-corrected chi connectivity index (χ0v) is 11.9. The van der Waals surface area contributed by atoms with Gasteiger partial charge in [0, 0.05) is 25.9 Å². The third-order valence-electron chi connectivity index (χ3n) is 4.08. The first kappa shape index (κ1) is 12.4. The summed E-state index contributed by atoms with van der Waals surface area (Å²) in [6, 6.07) is 8.12. The van der Waals surface area contributed by atoms with Crippen LogP contribution in [0.15, 0.2) is 28.8 Å². The summed E-state index contributed by atoms with van der Waals surface area (Å²) in [5.74, 6) is 2.84. The summed E-state index contributed by atoms with van der Waals surface area (Å²) >= 11 is 0. The number of rotatable bonds is 2. The molecule has 21 heavy (non-hydrogen) atoms. The van der Waals surface area contributed by atoms with Gasteiger partial charge in [-0.2, -0.15) is 4.98 Å². The van der Waals surface area contributed by atoms with Crippen LogP contribution in [0.25, 0.3) is 11.0 Å². The highest BCUT2D eigenvalue weighted by molar-refractivity contribution is 5.77. The maximum absolute atomic E-state index is 5.08. The molecule has 0 radical (unpaired) electrons. The van der Waals surface area contributed by atoms with Crippen molar-refractivity contribution in [2.45, 2.75) is 25.7 Å². The molecule has 0 spiro atoms. The Labute approximate surface area is 122 Å². The third-order valence-corrected chi connectivity index (χ3v) is 4.08. The lowest BCUT2D eigenvalue weighted by Crippen LogP contribution is -2.33. The van der Waals surface area contributed by atoms with Crippen molar-refractivity contribution in [3.8, 4) is 0 Å². The van der Waals surface area contributed by atoms with E-state index in [0.717, 1.165) is 48.7 Å². The third kappa shape index (κ3) is 2.26. The van der Waals surface area contributed by atoms with E-state index in [9.17, 15) is 0 Å². The lowest BCUT2D eigenvalue weighted by molar-refractivity contribution is 0.375. The number of nitrogens with zero attached hydrogens (tertiary/aromatic N) is 4. The highest BCUT2D eigenvalue weighted by Crippen LogP contribution is 2.28. The van der Waals surface area contributed by atoms with Crippen molar-refractivity contribution in [1.29, 1.82) is 0 Å². The largest absolute Gasteiger partial charge is 0.342 e. The molecule has 4 rings (SSSR count). The number of anilines is 1. The van der Waals surface area contributed by atoms with Gasteiger partial charge in [0.05, 0.1) is 11.0 Å². The van der Waals surface area contributed by atoms with Gasteiger partial charge in [0.2, 0.25) is 11.8 Å². The number of nitrogens with one attached hydrogen (secondary N) is 1. The summed E-state index contributed by atoms with van der Waals surface area (Å²) in [7, 11) is 0. The second-order valence-corrected chi connectivity index (χ2v) is 5.51. The second-order valence-electron chi connectivity index (χ2n) is 5.51. The van der Waals surface area contributed by atoms with Crippen molar-refractivity contribution in [1.82, 2.24) is 20.1 Å². The van der Waals surface area contributed by atoms with Gasteiger partial charge in [0.25, 0.3) is 0 Å². The van der Waals surface area contributed by atoms with Crippen molar-refractivity contribution in [2.24, 2.45) is 0 Å². The van der Waals surface area contributed by atoms with Crippen LogP contribution >= 0.6 is 0 Å². The molecule has 0 bridgehead atoms. The topological polar surface area (TPSA) is 70.8 Å². The minimum Gasteiger partial charge on any atom is -0.342 e.